The van der Waals surface area contributed by atoms with E-state index in [0.29, 0.717) is 23.5 Å². The average Bonchev–Trinajstić information content (AvgIpc) is 3.54. The van der Waals surface area contributed by atoms with Gasteiger partial charge in [-0.25, -0.2) is 5.43 Å². The number of hydrazone groups is 1. The van der Waals surface area contributed by atoms with Crippen molar-refractivity contribution in [1.29, 1.82) is 0 Å². The molecule has 2 aromatic carbocycles. The molecule has 2 heterocycles. The second-order valence-corrected chi connectivity index (χ2v) is 8.99. The fourth-order valence-corrected chi connectivity index (χ4v) is 3.92. The van der Waals surface area contributed by atoms with E-state index >= 15 is 0 Å². The Kier molecular flexibility index (Phi) is 8.45. The molecule has 0 spiro atoms. The number of nitrogens with one attached hydrogen (secondary N) is 1. The van der Waals surface area contributed by atoms with Gasteiger partial charge in [0, 0.05) is 28.7 Å². The van der Waals surface area contributed by atoms with Crippen LogP contribution in [-0.2, 0) is 6.61 Å². The van der Waals surface area contributed by atoms with Crippen molar-refractivity contribution in [1.82, 2.24) is 9.99 Å². The van der Waals surface area contributed by atoms with Crippen molar-refractivity contribution in [3.8, 4) is 17.2 Å². The van der Waals surface area contributed by atoms with E-state index in [1.165, 1.54) is 24.4 Å². The molecule has 2 aromatic heterocycles. The summed E-state index contributed by atoms with van der Waals surface area (Å²) < 4.78 is 19.3. The Labute approximate surface area is 226 Å². The summed E-state index contributed by atoms with van der Waals surface area (Å²) in [7, 11) is 0. The zero-order chi connectivity index (χ0) is 27.9. The summed E-state index contributed by atoms with van der Waals surface area (Å²) in [4.78, 5) is 23.4. The molecule has 0 bridgehead atoms. The van der Waals surface area contributed by atoms with E-state index in [0.717, 1.165) is 17.1 Å². The van der Waals surface area contributed by atoms with Crippen molar-refractivity contribution in [2.75, 3.05) is 0 Å². The van der Waals surface area contributed by atoms with Gasteiger partial charge in [-0.05, 0) is 81.8 Å². The van der Waals surface area contributed by atoms with Crippen LogP contribution < -0.4 is 14.9 Å². The second kappa shape index (κ2) is 12.1. The molecule has 202 valence electrons. The van der Waals surface area contributed by atoms with Gasteiger partial charge in [0.1, 0.15) is 18.1 Å². The minimum absolute atomic E-state index is 0.0507. The fraction of sp³-hybridized carbons (Fsp3) is 0.241. The van der Waals surface area contributed by atoms with Gasteiger partial charge in [0.15, 0.2) is 5.76 Å². The van der Waals surface area contributed by atoms with Crippen LogP contribution >= 0.6 is 0 Å². The zero-order valence-corrected chi connectivity index (χ0v) is 22.2. The van der Waals surface area contributed by atoms with Gasteiger partial charge in [-0.3, -0.25) is 14.9 Å². The molecule has 0 unspecified atom stereocenters. The first-order valence-corrected chi connectivity index (χ1v) is 12.5. The summed E-state index contributed by atoms with van der Waals surface area (Å²) in [5.74, 6) is 0.705. The van der Waals surface area contributed by atoms with E-state index in [1.807, 2.05) is 38.1 Å². The molecule has 4 aromatic rings. The van der Waals surface area contributed by atoms with Crippen molar-refractivity contribution in [3.63, 3.8) is 0 Å². The Hall–Kier alpha value is -4.86. The van der Waals surface area contributed by atoms with Crippen LogP contribution in [0.1, 0.15) is 53.5 Å². The number of aromatic nitrogens is 1. The molecule has 10 nitrogen and oxygen atoms in total. The molecule has 0 aliphatic heterocycles. The van der Waals surface area contributed by atoms with Crippen LogP contribution in [0.25, 0.3) is 5.69 Å². The Bertz CT molecular complexity index is 1470. The summed E-state index contributed by atoms with van der Waals surface area (Å²) in [6.07, 6.45) is 1.74. The van der Waals surface area contributed by atoms with Gasteiger partial charge in [0.05, 0.1) is 17.2 Å². The molecule has 1 amide bonds. The molecule has 1 atom stereocenters. The third-order valence-corrected chi connectivity index (χ3v) is 6.12. The smallest absolute Gasteiger partial charge is 0.311 e. The van der Waals surface area contributed by atoms with Crippen LogP contribution in [0.15, 0.2) is 76.2 Å². The Morgan fingerprint density at radius 3 is 2.49 bits per heavy atom. The minimum Gasteiger partial charge on any atom is -0.486 e. The number of aryl methyl sites for hydroxylation is 2. The number of ether oxygens (including phenoxy) is 2. The van der Waals surface area contributed by atoms with Crippen LogP contribution in [0.4, 0.5) is 5.69 Å². The standard InChI is InChI=1S/C29H30N4O6/c1-5-21(4)38-28-22(7-6-8-26(28)33(35)36)17-30-31-29(34)27-16-15-25(39-27)18-37-24-13-11-23(12-14-24)32-19(2)9-10-20(32)3/h6-17,21H,5,18H2,1-4H3,(H,31,34)/b30-17+/t21-/m0/s1. The van der Waals surface area contributed by atoms with Gasteiger partial charge in [-0.15, -0.1) is 0 Å². The molecule has 10 heteroatoms. The van der Waals surface area contributed by atoms with Crippen LogP contribution in [-0.4, -0.2) is 27.7 Å². The highest BCUT2D eigenvalue weighted by Gasteiger charge is 2.20. The highest BCUT2D eigenvalue weighted by molar-refractivity contribution is 5.93. The summed E-state index contributed by atoms with van der Waals surface area (Å²) in [5, 5.41) is 15.4. The topological polar surface area (TPSA) is 121 Å². The number of hydrogen-bond acceptors (Lipinski definition) is 7. The number of nitrogens with zero attached hydrogens (tertiary/aromatic N) is 3. The maximum absolute atomic E-state index is 12.5. The average molecular weight is 531 g/mol. The van der Waals surface area contributed by atoms with E-state index in [2.05, 4.69) is 41.1 Å². The Balaban J connectivity index is 1.36. The number of furan rings is 1. The maximum Gasteiger partial charge on any atom is 0.311 e. The Morgan fingerprint density at radius 1 is 1.10 bits per heavy atom. The molecular weight excluding hydrogens is 500 g/mol. The van der Waals surface area contributed by atoms with Gasteiger partial charge in [0.2, 0.25) is 5.75 Å². The first-order valence-electron chi connectivity index (χ1n) is 12.5. The van der Waals surface area contributed by atoms with E-state index in [4.69, 9.17) is 13.9 Å². The van der Waals surface area contributed by atoms with Gasteiger partial charge in [-0.1, -0.05) is 13.0 Å². The lowest BCUT2D eigenvalue weighted by Gasteiger charge is -2.14. The van der Waals surface area contributed by atoms with E-state index in [9.17, 15) is 14.9 Å². The normalized spacial score (nSPS) is 11.9. The third kappa shape index (κ3) is 6.53. The fourth-order valence-electron chi connectivity index (χ4n) is 3.92. The summed E-state index contributed by atoms with van der Waals surface area (Å²) in [6, 6.07) is 19.6. The lowest BCUT2D eigenvalue weighted by atomic mass is 10.2. The van der Waals surface area contributed by atoms with Crippen molar-refractivity contribution in [2.24, 2.45) is 5.10 Å². The van der Waals surface area contributed by atoms with E-state index in [-0.39, 0.29) is 29.9 Å². The zero-order valence-electron chi connectivity index (χ0n) is 22.2. The molecule has 0 radical (unpaired) electrons. The van der Waals surface area contributed by atoms with Gasteiger partial charge >= 0.3 is 11.6 Å². The van der Waals surface area contributed by atoms with Crippen LogP contribution in [0.5, 0.6) is 11.5 Å². The lowest BCUT2D eigenvalue weighted by Crippen LogP contribution is -2.17. The molecule has 39 heavy (non-hydrogen) atoms. The predicted octanol–water partition coefficient (Wildman–Crippen LogP) is 6.12. The number of benzene rings is 2. The molecule has 0 saturated heterocycles. The number of rotatable bonds is 11. The lowest BCUT2D eigenvalue weighted by molar-refractivity contribution is -0.386. The van der Waals surface area contributed by atoms with Crippen LogP contribution in [0, 0.1) is 24.0 Å². The van der Waals surface area contributed by atoms with Crippen LogP contribution in [0.2, 0.25) is 0 Å². The molecule has 0 aliphatic rings. The molecule has 4 rings (SSSR count). The molecular formula is C29H30N4O6. The SMILES string of the molecule is CC[C@H](C)Oc1c(/C=N/NC(=O)c2ccc(COc3ccc(-n4c(C)ccc4C)cc3)o2)cccc1[N+](=O)[O-]. The highest BCUT2D eigenvalue weighted by atomic mass is 16.6. The quantitative estimate of drug-likeness (QED) is 0.142. The predicted molar refractivity (Wildman–Crippen MR) is 147 cm³/mol. The summed E-state index contributed by atoms with van der Waals surface area (Å²) >= 11 is 0. The minimum atomic E-state index is -0.575. The number of hydrogen-bond donors (Lipinski definition) is 1. The van der Waals surface area contributed by atoms with Gasteiger partial charge < -0.3 is 18.5 Å². The molecule has 1 N–H and O–H groups in total. The first-order chi connectivity index (χ1) is 18.8. The summed E-state index contributed by atoms with van der Waals surface area (Å²) in [6.45, 7) is 7.99. The molecule has 0 fully saturated rings. The number of carbonyl (C=O) groups excluding carboxylic acids is 1. The van der Waals surface area contributed by atoms with Crippen molar-refractivity contribution >= 4 is 17.8 Å². The first kappa shape index (κ1) is 27.2. The maximum atomic E-state index is 12.5. The van der Waals surface area contributed by atoms with Gasteiger partial charge in [-0.2, -0.15) is 5.10 Å². The Morgan fingerprint density at radius 2 is 1.82 bits per heavy atom. The highest BCUT2D eigenvalue weighted by Crippen LogP contribution is 2.31. The number of nitro benzene ring substituents is 1. The van der Waals surface area contributed by atoms with Gasteiger partial charge in [0.25, 0.3) is 0 Å². The number of nitro groups is 1. The largest absolute Gasteiger partial charge is 0.486 e. The number of amides is 1. The van der Waals surface area contributed by atoms with Crippen LogP contribution in [0.3, 0.4) is 0 Å². The van der Waals surface area contributed by atoms with Crippen molar-refractivity contribution in [2.45, 2.75) is 46.8 Å². The van der Waals surface area contributed by atoms with Crippen molar-refractivity contribution in [3.05, 3.63) is 105 Å². The number of carbonyl (C=O) groups is 1. The van der Waals surface area contributed by atoms with E-state index < -0.39 is 10.8 Å². The third-order valence-electron chi connectivity index (χ3n) is 6.12. The monoisotopic (exact) mass is 530 g/mol. The van der Waals surface area contributed by atoms with E-state index in [1.54, 1.807) is 12.1 Å². The van der Waals surface area contributed by atoms with Crippen molar-refractivity contribution < 1.29 is 23.6 Å². The second-order valence-electron chi connectivity index (χ2n) is 8.99. The number of para-hydroxylation sites is 1. The summed E-state index contributed by atoms with van der Waals surface area (Å²) in [5.41, 5.74) is 5.91. The molecule has 0 aliphatic carbocycles. The molecule has 0 saturated carbocycles.